The number of benzene rings is 1. The minimum absolute atomic E-state index is 0.0513. The van der Waals surface area contributed by atoms with E-state index in [2.05, 4.69) is 5.32 Å². The lowest BCUT2D eigenvalue weighted by Crippen LogP contribution is -2.40. The van der Waals surface area contributed by atoms with Crippen LogP contribution in [-0.4, -0.2) is 25.0 Å². The molecule has 0 unspecified atom stereocenters. The first-order chi connectivity index (χ1) is 12.7. The molecule has 0 saturated heterocycles. The number of hydrogen-bond acceptors (Lipinski definition) is 5. The van der Waals surface area contributed by atoms with Gasteiger partial charge in [0.2, 0.25) is 11.9 Å². The average Bonchev–Trinajstić information content (AvgIpc) is 3.21. The van der Waals surface area contributed by atoms with Gasteiger partial charge in [0.15, 0.2) is 0 Å². The van der Waals surface area contributed by atoms with Crippen LogP contribution in [0, 0.1) is 0 Å². The maximum atomic E-state index is 12.9. The molecule has 1 fully saturated rings. The predicted molar refractivity (Wildman–Crippen MR) is 94.9 cm³/mol. The minimum Gasteiger partial charge on any atom is -0.496 e. The van der Waals surface area contributed by atoms with Crippen molar-refractivity contribution < 1.29 is 23.5 Å². The monoisotopic (exact) mass is 357 g/mol. The van der Waals surface area contributed by atoms with Crippen molar-refractivity contribution in [2.45, 2.75) is 44.2 Å². The van der Waals surface area contributed by atoms with E-state index in [1.54, 1.807) is 30.3 Å². The number of hydrogen-bond donors (Lipinski definition) is 1. The number of nitrogens with one attached hydrogen (secondary N) is 1. The van der Waals surface area contributed by atoms with E-state index in [0.29, 0.717) is 11.3 Å². The van der Waals surface area contributed by atoms with E-state index in [1.165, 1.54) is 25.9 Å². The van der Waals surface area contributed by atoms with Crippen molar-refractivity contribution in [3.63, 3.8) is 0 Å². The van der Waals surface area contributed by atoms with Gasteiger partial charge in [-0.05, 0) is 31.0 Å². The molecule has 1 aromatic carbocycles. The van der Waals surface area contributed by atoms with E-state index in [0.717, 1.165) is 25.7 Å². The highest BCUT2D eigenvalue weighted by Gasteiger charge is 2.31. The number of para-hydroxylation sites is 1. The van der Waals surface area contributed by atoms with Crippen LogP contribution >= 0.6 is 0 Å². The normalized spacial score (nSPS) is 15.9. The summed E-state index contributed by atoms with van der Waals surface area (Å²) in [5.41, 5.74) is 0.503. The van der Waals surface area contributed by atoms with Gasteiger partial charge in [-0.2, -0.15) is 0 Å². The summed E-state index contributed by atoms with van der Waals surface area (Å²) in [6, 6.07) is 10.2. The fourth-order valence-corrected chi connectivity index (χ4v) is 3.22. The Balaban J connectivity index is 1.82. The zero-order valence-corrected chi connectivity index (χ0v) is 14.8. The van der Waals surface area contributed by atoms with E-state index in [4.69, 9.17) is 13.9 Å². The summed E-state index contributed by atoms with van der Waals surface area (Å²) < 4.78 is 15.9. The van der Waals surface area contributed by atoms with Gasteiger partial charge in [-0.15, -0.1) is 0 Å². The van der Waals surface area contributed by atoms with E-state index in [9.17, 15) is 9.59 Å². The van der Waals surface area contributed by atoms with Gasteiger partial charge in [-0.25, -0.2) is 4.79 Å². The third-order valence-corrected chi connectivity index (χ3v) is 4.56. The number of rotatable bonds is 6. The first-order valence-electron chi connectivity index (χ1n) is 8.87. The van der Waals surface area contributed by atoms with Crippen LogP contribution in [0.4, 0.5) is 0 Å². The first-order valence-corrected chi connectivity index (χ1v) is 8.87. The molecule has 1 atom stereocenters. The standard InChI is InChI=1S/C20H23NO5/c1-24-16-11-6-5-10-15(16)18(26-20(23)17-12-7-13-25-17)19(22)21-14-8-3-2-4-9-14/h5-7,10-14,18H,2-4,8-9H2,1H3,(H,21,22)/t18-/m1/s1. The zero-order chi connectivity index (χ0) is 18.4. The molecule has 1 aromatic heterocycles. The number of ether oxygens (including phenoxy) is 2. The summed E-state index contributed by atoms with van der Waals surface area (Å²) in [4.78, 5) is 25.3. The van der Waals surface area contributed by atoms with Crippen LogP contribution in [0.5, 0.6) is 5.75 Å². The molecule has 1 saturated carbocycles. The molecule has 26 heavy (non-hydrogen) atoms. The molecule has 6 nitrogen and oxygen atoms in total. The van der Waals surface area contributed by atoms with Crippen LogP contribution < -0.4 is 10.1 Å². The molecule has 0 bridgehead atoms. The highest BCUT2D eigenvalue weighted by atomic mass is 16.6. The summed E-state index contributed by atoms with van der Waals surface area (Å²) in [6.45, 7) is 0. The Morgan fingerprint density at radius 3 is 2.58 bits per heavy atom. The molecule has 1 heterocycles. The van der Waals surface area contributed by atoms with Crippen molar-refractivity contribution in [1.82, 2.24) is 5.32 Å². The Morgan fingerprint density at radius 2 is 1.88 bits per heavy atom. The van der Waals surface area contributed by atoms with Gasteiger partial charge >= 0.3 is 5.97 Å². The van der Waals surface area contributed by atoms with Crippen molar-refractivity contribution in [3.8, 4) is 5.75 Å². The molecule has 1 N–H and O–H groups in total. The SMILES string of the molecule is COc1ccccc1[C@@H](OC(=O)c1ccco1)C(=O)NC1CCCCC1. The third kappa shape index (κ3) is 4.25. The number of furan rings is 1. The lowest BCUT2D eigenvalue weighted by molar-refractivity contribution is -0.131. The van der Waals surface area contributed by atoms with E-state index >= 15 is 0 Å². The number of carbonyl (C=O) groups excluding carboxylic acids is 2. The van der Waals surface area contributed by atoms with Gasteiger partial charge in [0, 0.05) is 11.6 Å². The molecule has 0 radical (unpaired) electrons. The molecule has 6 heteroatoms. The van der Waals surface area contributed by atoms with E-state index in [1.807, 2.05) is 0 Å². The lowest BCUT2D eigenvalue weighted by Gasteiger charge is -2.26. The van der Waals surface area contributed by atoms with Crippen molar-refractivity contribution in [1.29, 1.82) is 0 Å². The van der Waals surface area contributed by atoms with Crippen LogP contribution in [0.1, 0.15) is 54.3 Å². The first kappa shape index (κ1) is 18.0. The molecule has 0 aliphatic heterocycles. The van der Waals surface area contributed by atoms with Gasteiger partial charge in [0.1, 0.15) is 5.75 Å². The molecule has 0 spiro atoms. The van der Waals surface area contributed by atoms with Gasteiger partial charge in [-0.3, -0.25) is 4.79 Å². The zero-order valence-electron chi connectivity index (χ0n) is 14.8. The third-order valence-electron chi connectivity index (χ3n) is 4.56. The van der Waals surface area contributed by atoms with Gasteiger partial charge in [0.25, 0.3) is 5.91 Å². The van der Waals surface area contributed by atoms with Crippen LogP contribution in [0.25, 0.3) is 0 Å². The molecule has 138 valence electrons. The van der Waals surface area contributed by atoms with Gasteiger partial charge < -0.3 is 19.2 Å². The second-order valence-corrected chi connectivity index (χ2v) is 6.35. The molecule has 1 amide bonds. The fraction of sp³-hybridized carbons (Fsp3) is 0.400. The highest BCUT2D eigenvalue weighted by molar-refractivity contribution is 5.91. The van der Waals surface area contributed by atoms with E-state index < -0.39 is 12.1 Å². The summed E-state index contributed by atoms with van der Waals surface area (Å²) in [6.07, 6.45) is 5.54. The average molecular weight is 357 g/mol. The maximum absolute atomic E-state index is 12.9. The number of esters is 1. The maximum Gasteiger partial charge on any atom is 0.375 e. The van der Waals surface area contributed by atoms with Crippen molar-refractivity contribution in [2.24, 2.45) is 0 Å². The molecule has 2 aromatic rings. The second-order valence-electron chi connectivity index (χ2n) is 6.35. The Bertz CT molecular complexity index is 734. The number of amides is 1. The quantitative estimate of drug-likeness (QED) is 0.799. The van der Waals surface area contributed by atoms with Crippen molar-refractivity contribution in [3.05, 3.63) is 54.0 Å². The largest absolute Gasteiger partial charge is 0.496 e. The Morgan fingerprint density at radius 1 is 1.12 bits per heavy atom. The van der Waals surface area contributed by atoms with Crippen LogP contribution in [-0.2, 0) is 9.53 Å². The summed E-state index contributed by atoms with van der Waals surface area (Å²) >= 11 is 0. The second kappa shape index (κ2) is 8.56. The lowest BCUT2D eigenvalue weighted by atomic mass is 9.95. The summed E-state index contributed by atoms with van der Waals surface area (Å²) in [5.74, 6) is -0.495. The molecule has 1 aliphatic rings. The Hall–Kier alpha value is -2.76. The number of carbonyl (C=O) groups is 2. The molecule has 3 rings (SSSR count). The Kier molecular flexibility index (Phi) is 5.94. The van der Waals surface area contributed by atoms with Crippen LogP contribution in [0.2, 0.25) is 0 Å². The minimum atomic E-state index is -1.11. The topological polar surface area (TPSA) is 77.8 Å². The summed E-state index contributed by atoms with van der Waals surface area (Å²) in [7, 11) is 1.52. The van der Waals surface area contributed by atoms with Gasteiger partial charge in [-0.1, -0.05) is 37.5 Å². The van der Waals surface area contributed by atoms with Crippen molar-refractivity contribution in [2.75, 3.05) is 7.11 Å². The molecular weight excluding hydrogens is 334 g/mol. The van der Waals surface area contributed by atoms with Gasteiger partial charge in [0.05, 0.1) is 13.4 Å². The smallest absolute Gasteiger partial charge is 0.375 e. The fourth-order valence-electron chi connectivity index (χ4n) is 3.22. The number of methoxy groups -OCH3 is 1. The van der Waals surface area contributed by atoms with Crippen molar-refractivity contribution >= 4 is 11.9 Å². The van der Waals surface area contributed by atoms with Crippen LogP contribution in [0.15, 0.2) is 47.1 Å². The summed E-state index contributed by atoms with van der Waals surface area (Å²) in [5, 5.41) is 3.02. The molecular formula is C20H23NO5. The van der Waals surface area contributed by atoms with E-state index in [-0.39, 0.29) is 17.7 Å². The Labute approximate surface area is 152 Å². The van der Waals surface area contributed by atoms with Crippen LogP contribution in [0.3, 0.4) is 0 Å². The highest BCUT2D eigenvalue weighted by Crippen LogP contribution is 2.29. The predicted octanol–water partition coefficient (Wildman–Crippen LogP) is 3.64. The molecule has 1 aliphatic carbocycles.